The monoisotopic (exact) mass is 443 g/mol. The van der Waals surface area contributed by atoms with Gasteiger partial charge in [-0.25, -0.2) is 18.1 Å². The van der Waals surface area contributed by atoms with Crippen molar-refractivity contribution in [2.45, 2.75) is 24.7 Å². The largest absolute Gasteiger partial charge is 0.511 e. The third-order valence-electron chi connectivity index (χ3n) is 2.67. The van der Waals surface area contributed by atoms with Crippen molar-refractivity contribution < 1.29 is 44.3 Å². The molecule has 2 N–H and O–H groups in total. The van der Waals surface area contributed by atoms with Crippen molar-refractivity contribution in [3.8, 4) is 5.75 Å². The van der Waals surface area contributed by atoms with Crippen LogP contribution in [0.15, 0.2) is 12.3 Å². The smallest absolute Gasteiger partial charge is 0.490 e. The first kappa shape index (κ1) is 23.2. The summed E-state index contributed by atoms with van der Waals surface area (Å²) in [5.74, 6) is -1.43. The molecule has 0 saturated carbocycles. The van der Waals surface area contributed by atoms with E-state index in [9.17, 15) is 39.6 Å². The van der Waals surface area contributed by atoms with Crippen LogP contribution in [0.2, 0.25) is 5.15 Å². The summed E-state index contributed by atoms with van der Waals surface area (Å²) in [6, 6.07) is -0.416. The molecule has 0 unspecified atom stereocenters. The van der Waals surface area contributed by atoms with Crippen LogP contribution in [0.1, 0.15) is 17.3 Å². The fraction of sp³-hybridized carbons (Fsp3) is 0.500. The number of sulfonamides is 1. The van der Waals surface area contributed by atoms with Crippen molar-refractivity contribution >= 4 is 27.5 Å². The van der Waals surface area contributed by atoms with Gasteiger partial charge in [0, 0.05) is 0 Å². The van der Waals surface area contributed by atoms with E-state index in [1.165, 1.54) is 4.72 Å². The molecule has 0 radical (unpaired) electrons. The molecule has 0 aromatic carbocycles. The van der Waals surface area contributed by atoms with E-state index in [0.717, 1.165) is 19.2 Å². The van der Waals surface area contributed by atoms with Gasteiger partial charge in [0.1, 0.15) is 24.1 Å². The van der Waals surface area contributed by atoms with Gasteiger partial charge >= 0.3 is 21.7 Å². The summed E-state index contributed by atoms with van der Waals surface area (Å²) in [6.07, 6.45) is -3.71. The Morgan fingerprint density at radius 1 is 1.30 bits per heavy atom. The number of amides is 1. The highest BCUT2D eigenvalue weighted by Crippen LogP contribution is 2.23. The summed E-state index contributed by atoms with van der Waals surface area (Å²) < 4.78 is 101. The number of pyridine rings is 1. The second kappa shape index (κ2) is 8.48. The van der Waals surface area contributed by atoms with Crippen molar-refractivity contribution in [2.24, 2.45) is 0 Å². The normalized spacial score (nSPS) is 13.9. The second-order valence-electron chi connectivity index (χ2n) is 5.09. The highest BCUT2D eigenvalue weighted by atomic mass is 35.5. The first-order valence-electron chi connectivity index (χ1n) is 6.84. The number of nitrogens with zero attached hydrogens (tertiary/aromatic N) is 1. The Bertz CT molecular complexity index is 784. The standard InChI is InChI=1S/C12H12ClF6N3O4S/c1-6(22-27(24,25)12(17,18)19)4-26-7-2-8(9(13)20-3-7)10(23)21-5-11(14,15)16/h2-3,6,22H,4-5H2,1H3,(H,21,23)/t6-/m0/s1. The van der Waals surface area contributed by atoms with Gasteiger partial charge in [0.25, 0.3) is 5.91 Å². The van der Waals surface area contributed by atoms with Gasteiger partial charge in [-0.3, -0.25) is 4.79 Å². The number of hydrogen-bond donors (Lipinski definition) is 2. The second-order valence-corrected chi connectivity index (χ2v) is 7.15. The lowest BCUT2D eigenvalue weighted by Gasteiger charge is -2.16. The van der Waals surface area contributed by atoms with E-state index in [4.69, 9.17) is 16.3 Å². The minimum atomic E-state index is -5.59. The van der Waals surface area contributed by atoms with Crippen LogP contribution in [0.3, 0.4) is 0 Å². The van der Waals surface area contributed by atoms with Crippen LogP contribution in [0.25, 0.3) is 0 Å². The lowest BCUT2D eigenvalue weighted by Crippen LogP contribution is -2.43. The van der Waals surface area contributed by atoms with E-state index in [2.05, 4.69) is 4.98 Å². The molecule has 0 spiro atoms. The number of carbonyl (C=O) groups is 1. The molecule has 0 saturated heterocycles. The number of halogens is 7. The van der Waals surface area contributed by atoms with Gasteiger partial charge in [-0.15, -0.1) is 0 Å². The lowest BCUT2D eigenvalue weighted by atomic mass is 10.2. The number of rotatable bonds is 7. The fourth-order valence-corrected chi connectivity index (χ4v) is 2.45. The molecule has 0 aliphatic carbocycles. The fourth-order valence-electron chi connectivity index (χ4n) is 1.53. The van der Waals surface area contributed by atoms with Crippen LogP contribution in [-0.2, 0) is 10.0 Å². The highest BCUT2D eigenvalue weighted by molar-refractivity contribution is 7.90. The molecule has 0 aliphatic rings. The van der Waals surface area contributed by atoms with Crippen molar-refractivity contribution in [3.05, 3.63) is 23.0 Å². The Morgan fingerprint density at radius 2 is 1.89 bits per heavy atom. The lowest BCUT2D eigenvalue weighted by molar-refractivity contribution is -0.123. The van der Waals surface area contributed by atoms with Crippen LogP contribution >= 0.6 is 11.6 Å². The van der Waals surface area contributed by atoms with Crippen LogP contribution < -0.4 is 14.8 Å². The Labute approximate surface area is 154 Å². The number of alkyl halides is 6. The molecule has 1 aromatic heterocycles. The summed E-state index contributed by atoms with van der Waals surface area (Å²) in [5, 5.41) is 1.12. The van der Waals surface area contributed by atoms with E-state index >= 15 is 0 Å². The summed E-state index contributed by atoms with van der Waals surface area (Å²) in [4.78, 5) is 15.2. The molecule has 1 rings (SSSR count). The molecule has 1 heterocycles. The Balaban J connectivity index is 2.76. The average Bonchev–Trinajstić information content (AvgIpc) is 2.49. The van der Waals surface area contributed by atoms with Crippen molar-refractivity contribution in [3.63, 3.8) is 0 Å². The number of nitrogens with one attached hydrogen (secondary N) is 2. The van der Waals surface area contributed by atoms with E-state index in [1.54, 1.807) is 5.32 Å². The molecule has 27 heavy (non-hydrogen) atoms. The zero-order chi connectivity index (χ0) is 21.0. The van der Waals surface area contributed by atoms with Gasteiger partial charge in [-0.05, 0) is 13.0 Å². The zero-order valence-electron chi connectivity index (χ0n) is 13.3. The Kier molecular flexibility index (Phi) is 7.30. The maximum atomic E-state index is 12.3. The molecular formula is C12H12ClF6N3O4S. The molecule has 0 aliphatic heterocycles. The molecule has 1 amide bonds. The molecule has 15 heteroatoms. The summed E-state index contributed by atoms with van der Waals surface area (Å²) in [7, 11) is -5.59. The van der Waals surface area contributed by atoms with E-state index in [0.29, 0.717) is 0 Å². The summed E-state index contributed by atoms with van der Waals surface area (Å²) in [5.41, 5.74) is -5.98. The van der Waals surface area contributed by atoms with E-state index in [1.807, 2.05) is 0 Å². The van der Waals surface area contributed by atoms with Gasteiger partial charge < -0.3 is 10.1 Å². The first-order valence-corrected chi connectivity index (χ1v) is 8.70. The van der Waals surface area contributed by atoms with Crippen molar-refractivity contribution in [1.82, 2.24) is 15.0 Å². The molecule has 0 fully saturated rings. The molecule has 0 bridgehead atoms. The Morgan fingerprint density at radius 3 is 2.41 bits per heavy atom. The first-order chi connectivity index (χ1) is 12.1. The van der Waals surface area contributed by atoms with Gasteiger partial charge in [-0.2, -0.15) is 26.3 Å². The molecular weight excluding hydrogens is 432 g/mol. The Hall–Kier alpha value is -1.80. The molecule has 1 aromatic rings. The summed E-state index contributed by atoms with van der Waals surface area (Å²) >= 11 is 5.62. The topological polar surface area (TPSA) is 97.4 Å². The number of aromatic nitrogens is 1. The van der Waals surface area contributed by atoms with Crippen LogP contribution in [0, 0.1) is 0 Å². The van der Waals surface area contributed by atoms with Gasteiger partial charge in [-0.1, -0.05) is 11.6 Å². The third-order valence-corrected chi connectivity index (χ3v) is 4.29. The molecule has 7 nitrogen and oxygen atoms in total. The highest BCUT2D eigenvalue weighted by Gasteiger charge is 2.46. The molecule has 1 atom stereocenters. The van der Waals surface area contributed by atoms with Crippen molar-refractivity contribution in [2.75, 3.05) is 13.2 Å². The average molecular weight is 444 g/mol. The minimum Gasteiger partial charge on any atom is -0.490 e. The van der Waals surface area contributed by atoms with Crippen molar-refractivity contribution in [1.29, 1.82) is 0 Å². The summed E-state index contributed by atoms with van der Waals surface area (Å²) in [6.45, 7) is -1.14. The third kappa shape index (κ3) is 7.38. The maximum absolute atomic E-state index is 12.3. The van der Waals surface area contributed by atoms with Crippen LogP contribution in [0.4, 0.5) is 26.3 Å². The zero-order valence-corrected chi connectivity index (χ0v) is 14.9. The number of hydrogen-bond acceptors (Lipinski definition) is 5. The minimum absolute atomic E-state index is 0.227. The maximum Gasteiger partial charge on any atom is 0.511 e. The van der Waals surface area contributed by atoms with Crippen LogP contribution in [0.5, 0.6) is 5.75 Å². The number of ether oxygens (including phenoxy) is 1. The molecule has 154 valence electrons. The quantitative estimate of drug-likeness (QED) is 0.497. The van der Waals surface area contributed by atoms with E-state index < -0.39 is 57.5 Å². The van der Waals surface area contributed by atoms with Gasteiger partial charge in [0.15, 0.2) is 0 Å². The van der Waals surface area contributed by atoms with Gasteiger partial charge in [0.2, 0.25) is 0 Å². The number of carbonyl (C=O) groups excluding carboxylic acids is 1. The van der Waals surface area contributed by atoms with Crippen LogP contribution in [-0.4, -0.2) is 50.2 Å². The SMILES string of the molecule is C[C@@H](COc1cnc(Cl)c(C(=O)NCC(F)(F)F)c1)NS(=O)(=O)C(F)(F)F. The van der Waals surface area contributed by atoms with E-state index in [-0.39, 0.29) is 5.75 Å². The van der Waals surface area contributed by atoms with Gasteiger partial charge in [0.05, 0.1) is 17.8 Å². The predicted octanol–water partition coefficient (Wildman–Crippen LogP) is 2.23. The predicted molar refractivity (Wildman–Crippen MR) is 80.7 cm³/mol.